The van der Waals surface area contributed by atoms with E-state index in [1.165, 1.54) is 12.2 Å². The minimum Gasteiger partial charge on any atom is -0.396 e. The molecular weight excluding hydrogens is 358 g/mol. The van der Waals surface area contributed by atoms with Crippen LogP contribution in [0.5, 0.6) is 0 Å². The number of carbonyl (C=O) groups excluding carboxylic acids is 4. The third kappa shape index (κ3) is 9.27. The number of aliphatic hydroxyl groups excluding tert-OH is 1. The van der Waals surface area contributed by atoms with Gasteiger partial charge in [0, 0.05) is 38.2 Å². The highest BCUT2D eigenvalue weighted by atomic mass is 16.5. The normalized spacial score (nSPS) is 14.5. The summed E-state index contributed by atoms with van der Waals surface area (Å²) in [7, 11) is 0. The smallest absolute Gasteiger partial charge is 0.253 e. The van der Waals surface area contributed by atoms with E-state index >= 15 is 0 Å². The van der Waals surface area contributed by atoms with Crippen molar-refractivity contribution in [1.82, 2.24) is 15.5 Å². The molecule has 10 heteroatoms. The van der Waals surface area contributed by atoms with Crippen molar-refractivity contribution in [2.24, 2.45) is 5.92 Å². The van der Waals surface area contributed by atoms with E-state index in [4.69, 9.17) is 14.6 Å². The third-order valence-electron chi connectivity index (χ3n) is 3.63. The lowest BCUT2D eigenvalue weighted by Crippen LogP contribution is -2.41. The molecule has 1 atom stereocenters. The number of nitrogens with one attached hydrogen (secondary N) is 2. The quantitative estimate of drug-likeness (QED) is 0.237. The average Bonchev–Trinajstić information content (AvgIpc) is 2.95. The van der Waals surface area contributed by atoms with E-state index in [0.717, 1.165) is 4.90 Å². The van der Waals surface area contributed by atoms with Gasteiger partial charge in [-0.2, -0.15) is 0 Å². The first-order chi connectivity index (χ1) is 13.0. The maximum atomic E-state index is 11.9. The van der Waals surface area contributed by atoms with Crippen molar-refractivity contribution in [3.63, 3.8) is 0 Å². The van der Waals surface area contributed by atoms with Crippen LogP contribution >= 0.6 is 0 Å². The van der Waals surface area contributed by atoms with Gasteiger partial charge in [-0.3, -0.25) is 24.1 Å². The highest BCUT2D eigenvalue weighted by Crippen LogP contribution is 2.07. The molecule has 0 aromatic heterocycles. The number of carbonyl (C=O) groups is 4. The molecule has 10 nitrogen and oxygen atoms in total. The van der Waals surface area contributed by atoms with Crippen LogP contribution in [0.2, 0.25) is 0 Å². The van der Waals surface area contributed by atoms with E-state index in [-0.39, 0.29) is 31.4 Å². The third-order valence-corrected chi connectivity index (χ3v) is 3.63. The summed E-state index contributed by atoms with van der Waals surface area (Å²) in [5.74, 6) is -1.81. The molecule has 0 spiro atoms. The zero-order valence-electron chi connectivity index (χ0n) is 15.4. The molecule has 0 saturated heterocycles. The van der Waals surface area contributed by atoms with Gasteiger partial charge in [0.1, 0.15) is 0 Å². The van der Waals surface area contributed by atoms with Gasteiger partial charge in [-0.1, -0.05) is 6.92 Å². The van der Waals surface area contributed by atoms with Gasteiger partial charge in [-0.25, -0.2) is 0 Å². The number of rotatable bonds is 14. The standard InChI is InChI=1S/C17H27N3O7/c1-13(12-20-15(23)2-3-16(20)24)17(25)19-6-9-27-11-10-26-8-5-18-14(22)4-7-21/h2-3,13,21H,4-12H2,1H3,(H,18,22)(H,19,25). The lowest BCUT2D eigenvalue weighted by Gasteiger charge is -2.18. The monoisotopic (exact) mass is 385 g/mol. The zero-order chi connectivity index (χ0) is 20.1. The molecular formula is C17H27N3O7. The number of ether oxygens (including phenoxy) is 2. The molecule has 1 rings (SSSR count). The molecule has 1 heterocycles. The molecule has 1 unspecified atom stereocenters. The fraction of sp³-hybridized carbons (Fsp3) is 0.647. The lowest BCUT2D eigenvalue weighted by atomic mass is 10.1. The van der Waals surface area contributed by atoms with Gasteiger partial charge in [0.05, 0.1) is 39.0 Å². The Morgan fingerprint density at radius 2 is 1.59 bits per heavy atom. The molecule has 1 aliphatic rings. The van der Waals surface area contributed by atoms with Gasteiger partial charge in [-0.05, 0) is 0 Å². The van der Waals surface area contributed by atoms with Crippen LogP contribution in [0.3, 0.4) is 0 Å². The van der Waals surface area contributed by atoms with Crippen LogP contribution in [0, 0.1) is 5.92 Å². The van der Waals surface area contributed by atoms with Gasteiger partial charge in [0.25, 0.3) is 11.8 Å². The molecule has 27 heavy (non-hydrogen) atoms. The molecule has 3 N–H and O–H groups in total. The van der Waals surface area contributed by atoms with Gasteiger partial charge < -0.3 is 25.2 Å². The largest absolute Gasteiger partial charge is 0.396 e. The molecule has 0 aromatic carbocycles. The minimum absolute atomic E-state index is 0.0417. The van der Waals surface area contributed by atoms with Crippen molar-refractivity contribution >= 4 is 23.6 Å². The first-order valence-electron chi connectivity index (χ1n) is 8.80. The number of nitrogens with zero attached hydrogens (tertiary/aromatic N) is 1. The number of aliphatic hydroxyl groups is 1. The molecule has 4 amide bonds. The molecule has 0 aromatic rings. The van der Waals surface area contributed by atoms with Crippen LogP contribution in [0.1, 0.15) is 13.3 Å². The predicted molar refractivity (Wildman–Crippen MR) is 94.4 cm³/mol. The van der Waals surface area contributed by atoms with Gasteiger partial charge >= 0.3 is 0 Å². The highest BCUT2D eigenvalue weighted by Gasteiger charge is 2.27. The van der Waals surface area contributed by atoms with Crippen LogP contribution < -0.4 is 10.6 Å². The van der Waals surface area contributed by atoms with Gasteiger partial charge in [-0.15, -0.1) is 0 Å². The van der Waals surface area contributed by atoms with E-state index in [9.17, 15) is 19.2 Å². The minimum atomic E-state index is -0.512. The van der Waals surface area contributed by atoms with Crippen molar-refractivity contribution in [3.8, 4) is 0 Å². The van der Waals surface area contributed by atoms with Gasteiger partial charge in [0.2, 0.25) is 11.8 Å². The van der Waals surface area contributed by atoms with Gasteiger partial charge in [0.15, 0.2) is 0 Å². The van der Waals surface area contributed by atoms with E-state index in [0.29, 0.717) is 39.5 Å². The Bertz CT molecular complexity index is 533. The highest BCUT2D eigenvalue weighted by molar-refractivity contribution is 6.13. The second-order valence-corrected chi connectivity index (χ2v) is 5.86. The van der Waals surface area contributed by atoms with Crippen LogP contribution in [-0.2, 0) is 28.7 Å². The Kier molecular flexibility index (Phi) is 10.9. The SMILES string of the molecule is CC(CN1C(=O)C=CC1=O)C(=O)NCCOCCOCCNC(=O)CCO. The number of hydrogen-bond acceptors (Lipinski definition) is 7. The van der Waals surface area contributed by atoms with Crippen LogP contribution in [0.15, 0.2) is 12.2 Å². The first kappa shape index (κ1) is 22.7. The second-order valence-electron chi connectivity index (χ2n) is 5.86. The van der Waals surface area contributed by atoms with Crippen molar-refractivity contribution < 1.29 is 33.8 Å². The topological polar surface area (TPSA) is 134 Å². The molecule has 1 aliphatic heterocycles. The average molecular weight is 385 g/mol. The molecule has 0 aliphatic carbocycles. The Balaban J connectivity index is 1.97. The van der Waals surface area contributed by atoms with E-state index in [1.54, 1.807) is 6.92 Å². The van der Waals surface area contributed by atoms with E-state index in [2.05, 4.69) is 10.6 Å². The number of imide groups is 1. The number of amides is 4. The summed E-state index contributed by atoms with van der Waals surface area (Å²) in [5, 5.41) is 13.8. The number of hydrogen-bond donors (Lipinski definition) is 3. The van der Waals surface area contributed by atoms with Crippen molar-refractivity contribution in [2.45, 2.75) is 13.3 Å². The zero-order valence-corrected chi connectivity index (χ0v) is 15.4. The Hall–Kier alpha value is -2.30. The van der Waals surface area contributed by atoms with Crippen LogP contribution in [0.4, 0.5) is 0 Å². The van der Waals surface area contributed by atoms with E-state index < -0.39 is 17.7 Å². The Morgan fingerprint density at radius 1 is 1.04 bits per heavy atom. The fourth-order valence-electron chi connectivity index (χ4n) is 2.16. The molecule has 152 valence electrons. The second kappa shape index (κ2) is 13.0. The summed E-state index contributed by atoms with van der Waals surface area (Å²) >= 11 is 0. The van der Waals surface area contributed by atoms with Crippen molar-refractivity contribution in [2.75, 3.05) is 52.7 Å². The molecule has 0 bridgehead atoms. The Morgan fingerprint density at radius 3 is 2.15 bits per heavy atom. The van der Waals surface area contributed by atoms with Crippen molar-refractivity contribution in [1.29, 1.82) is 0 Å². The lowest BCUT2D eigenvalue weighted by molar-refractivity contribution is -0.138. The predicted octanol–water partition coefficient (Wildman–Crippen LogP) is -1.80. The summed E-state index contributed by atoms with van der Waals surface area (Å²) in [4.78, 5) is 46.9. The summed E-state index contributed by atoms with van der Waals surface area (Å²) in [6.07, 6.45) is 2.45. The Labute approximate surface area is 157 Å². The summed E-state index contributed by atoms with van der Waals surface area (Å²) in [6, 6.07) is 0. The van der Waals surface area contributed by atoms with Crippen LogP contribution in [-0.4, -0.2) is 86.3 Å². The summed E-state index contributed by atoms with van der Waals surface area (Å²) in [5.41, 5.74) is 0. The maximum Gasteiger partial charge on any atom is 0.253 e. The fourth-order valence-corrected chi connectivity index (χ4v) is 2.16. The first-order valence-corrected chi connectivity index (χ1v) is 8.80. The molecule has 0 radical (unpaired) electrons. The maximum absolute atomic E-state index is 11.9. The van der Waals surface area contributed by atoms with E-state index in [1.807, 2.05) is 0 Å². The molecule has 0 fully saturated rings. The van der Waals surface area contributed by atoms with Crippen molar-refractivity contribution in [3.05, 3.63) is 12.2 Å². The van der Waals surface area contributed by atoms with Crippen LogP contribution in [0.25, 0.3) is 0 Å². The summed E-state index contributed by atoms with van der Waals surface area (Å²) < 4.78 is 10.6. The summed E-state index contributed by atoms with van der Waals surface area (Å²) in [6.45, 7) is 3.52. The molecule has 0 saturated carbocycles.